The van der Waals surface area contributed by atoms with E-state index in [0.717, 1.165) is 25.0 Å². The monoisotopic (exact) mass is 209 g/mol. The Kier molecular flexibility index (Phi) is 2.55. The molecule has 1 fully saturated rings. The first-order valence-electron chi connectivity index (χ1n) is 4.72. The maximum Gasteiger partial charge on any atom is 0.172 e. The molecule has 1 aliphatic rings. The van der Waals surface area contributed by atoms with E-state index < -0.39 is 11.6 Å². The first-order valence-corrected chi connectivity index (χ1v) is 4.72. The minimum absolute atomic E-state index is 0.0897. The Bertz CT molecular complexity index is 421. The van der Waals surface area contributed by atoms with Crippen molar-refractivity contribution in [2.45, 2.75) is 12.8 Å². The van der Waals surface area contributed by atoms with Crippen molar-refractivity contribution in [1.82, 2.24) is 0 Å². The molecule has 1 aromatic rings. The van der Waals surface area contributed by atoms with E-state index in [1.165, 1.54) is 0 Å². The van der Waals surface area contributed by atoms with Gasteiger partial charge in [-0.1, -0.05) is 0 Å². The lowest BCUT2D eigenvalue weighted by Gasteiger charge is -2.07. The maximum absolute atomic E-state index is 13.3. The highest BCUT2D eigenvalue weighted by atomic mass is 19.1. The van der Waals surface area contributed by atoms with Crippen molar-refractivity contribution in [3.63, 3.8) is 0 Å². The second-order valence-corrected chi connectivity index (χ2v) is 3.63. The zero-order valence-electron chi connectivity index (χ0n) is 7.96. The van der Waals surface area contributed by atoms with Gasteiger partial charge in [0.15, 0.2) is 11.6 Å². The third-order valence-electron chi connectivity index (χ3n) is 2.29. The van der Waals surface area contributed by atoms with Crippen LogP contribution in [0.2, 0.25) is 0 Å². The Labute approximate surface area is 86.1 Å². The molecule has 1 aromatic carbocycles. The molecule has 2 rings (SSSR count). The van der Waals surface area contributed by atoms with Crippen LogP contribution in [-0.4, -0.2) is 6.61 Å². The molecule has 0 heterocycles. The van der Waals surface area contributed by atoms with E-state index in [-0.39, 0.29) is 11.3 Å². The number of nitriles is 1. The first kappa shape index (κ1) is 9.91. The van der Waals surface area contributed by atoms with Gasteiger partial charge in [-0.3, -0.25) is 0 Å². The predicted octanol–water partition coefficient (Wildman–Crippen LogP) is 2.63. The van der Waals surface area contributed by atoms with Crippen LogP contribution in [0.25, 0.3) is 0 Å². The highest BCUT2D eigenvalue weighted by Crippen LogP contribution is 2.31. The van der Waals surface area contributed by atoms with E-state index in [1.54, 1.807) is 6.07 Å². The van der Waals surface area contributed by atoms with Crippen LogP contribution in [0, 0.1) is 28.9 Å². The van der Waals surface area contributed by atoms with Crippen molar-refractivity contribution < 1.29 is 13.5 Å². The van der Waals surface area contributed by atoms with Gasteiger partial charge in [-0.15, -0.1) is 0 Å². The van der Waals surface area contributed by atoms with E-state index in [2.05, 4.69) is 0 Å². The predicted molar refractivity (Wildman–Crippen MR) is 49.3 cm³/mol. The molecule has 0 bridgehead atoms. The van der Waals surface area contributed by atoms with E-state index in [4.69, 9.17) is 10.00 Å². The van der Waals surface area contributed by atoms with Gasteiger partial charge in [0.25, 0.3) is 0 Å². The highest BCUT2D eigenvalue weighted by molar-refractivity contribution is 5.44. The smallest absolute Gasteiger partial charge is 0.172 e. The summed E-state index contributed by atoms with van der Waals surface area (Å²) in [6.45, 7) is 0.400. The summed E-state index contributed by atoms with van der Waals surface area (Å²) in [5.41, 5.74) is -0.0897. The van der Waals surface area contributed by atoms with Crippen molar-refractivity contribution in [2.24, 2.45) is 5.92 Å². The lowest BCUT2D eigenvalue weighted by Crippen LogP contribution is -2.03. The Hall–Kier alpha value is -1.63. The summed E-state index contributed by atoms with van der Waals surface area (Å²) in [7, 11) is 0. The molecule has 0 radical (unpaired) electrons. The number of hydrogen-bond acceptors (Lipinski definition) is 2. The van der Waals surface area contributed by atoms with Gasteiger partial charge in [0.2, 0.25) is 0 Å². The third kappa shape index (κ3) is 2.24. The Morgan fingerprint density at radius 3 is 2.73 bits per heavy atom. The lowest BCUT2D eigenvalue weighted by molar-refractivity contribution is 0.283. The Morgan fingerprint density at radius 2 is 2.13 bits per heavy atom. The fourth-order valence-electron chi connectivity index (χ4n) is 1.28. The van der Waals surface area contributed by atoms with Crippen LogP contribution in [0.1, 0.15) is 18.4 Å². The van der Waals surface area contributed by atoms with Crippen LogP contribution in [0.5, 0.6) is 5.75 Å². The molecule has 0 N–H and O–H groups in total. The lowest BCUT2D eigenvalue weighted by atomic mass is 10.2. The summed E-state index contributed by atoms with van der Waals surface area (Å²) in [4.78, 5) is 0. The fourth-order valence-corrected chi connectivity index (χ4v) is 1.28. The second kappa shape index (κ2) is 3.85. The minimum Gasteiger partial charge on any atom is -0.489 e. The number of halogens is 2. The summed E-state index contributed by atoms with van der Waals surface area (Å²) in [6.07, 6.45) is 2.15. The van der Waals surface area contributed by atoms with Crippen molar-refractivity contribution in [1.29, 1.82) is 5.26 Å². The molecule has 15 heavy (non-hydrogen) atoms. The Balaban J connectivity index is 2.22. The topological polar surface area (TPSA) is 33.0 Å². The van der Waals surface area contributed by atoms with E-state index >= 15 is 0 Å². The van der Waals surface area contributed by atoms with E-state index in [9.17, 15) is 8.78 Å². The van der Waals surface area contributed by atoms with Crippen molar-refractivity contribution in [2.75, 3.05) is 6.61 Å². The van der Waals surface area contributed by atoms with E-state index in [1.807, 2.05) is 0 Å². The molecule has 0 unspecified atom stereocenters. The van der Waals surface area contributed by atoms with Crippen molar-refractivity contribution in [3.05, 3.63) is 29.3 Å². The molecule has 0 atom stereocenters. The summed E-state index contributed by atoms with van der Waals surface area (Å²) in [5.74, 6) is -1.25. The molecule has 0 amide bonds. The van der Waals surface area contributed by atoms with Crippen molar-refractivity contribution >= 4 is 0 Å². The molecule has 1 aliphatic carbocycles. The number of rotatable bonds is 3. The molecule has 0 saturated heterocycles. The van der Waals surface area contributed by atoms with Gasteiger partial charge in [0.05, 0.1) is 12.2 Å². The summed E-state index contributed by atoms with van der Waals surface area (Å²) in [5, 5.41) is 8.68. The SMILES string of the molecule is N#Cc1cc(F)cc(F)c1OCC1CC1. The van der Waals surface area contributed by atoms with Crippen molar-refractivity contribution in [3.8, 4) is 11.8 Å². The van der Waals surface area contributed by atoms with E-state index in [0.29, 0.717) is 12.5 Å². The van der Waals surface area contributed by atoms with Crippen LogP contribution in [0.15, 0.2) is 12.1 Å². The first-order chi connectivity index (χ1) is 7.20. The normalized spacial score (nSPS) is 14.7. The summed E-state index contributed by atoms with van der Waals surface area (Å²) >= 11 is 0. The summed E-state index contributed by atoms with van der Waals surface area (Å²) in [6, 6.07) is 3.42. The molecule has 78 valence electrons. The molecule has 4 heteroatoms. The molecule has 2 nitrogen and oxygen atoms in total. The van der Waals surface area contributed by atoms with Crippen LogP contribution in [0.3, 0.4) is 0 Å². The highest BCUT2D eigenvalue weighted by Gasteiger charge is 2.23. The van der Waals surface area contributed by atoms with Crippen LogP contribution in [0.4, 0.5) is 8.78 Å². The van der Waals surface area contributed by atoms with Gasteiger partial charge in [-0.25, -0.2) is 8.78 Å². The molecule has 0 aromatic heterocycles. The standard InChI is InChI=1S/C11H9F2NO/c12-9-3-8(5-14)11(10(13)4-9)15-6-7-1-2-7/h3-4,7H,1-2,6H2. The molecular weight excluding hydrogens is 200 g/mol. The molecular formula is C11H9F2NO. The third-order valence-corrected chi connectivity index (χ3v) is 2.29. The summed E-state index contributed by atoms with van der Waals surface area (Å²) < 4.78 is 31.2. The zero-order chi connectivity index (χ0) is 10.8. The van der Waals surface area contributed by atoms with Gasteiger partial charge in [-0.2, -0.15) is 5.26 Å². The quantitative estimate of drug-likeness (QED) is 0.766. The van der Waals surface area contributed by atoms with Crippen LogP contribution >= 0.6 is 0 Å². The van der Waals surface area contributed by atoms with Gasteiger partial charge in [0, 0.05) is 6.07 Å². The minimum atomic E-state index is -0.813. The van der Waals surface area contributed by atoms with Gasteiger partial charge < -0.3 is 4.74 Å². The molecule has 0 aliphatic heterocycles. The number of ether oxygens (including phenoxy) is 1. The fraction of sp³-hybridized carbons (Fsp3) is 0.364. The maximum atomic E-state index is 13.3. The molecule has 0 spiro atoms. The van der Waals surface area contributed by atoms with Gasteiger partial charge in [-0.05, 0) is 24.8 Å². The number of hydrogen-bond donors (Lipinski definition) is 0. The average Bonchev–Trinajstić information content (AvgIpc) is 2.99. The molecule has 1 saturated carbocycles. The van der Waals surface area contributed by atoms with Gasteiger partial charge in [0.1, 0.15) is 11.9 Å². The van der Waals surface area contributed by atoms with Gasteiger partial charge >= 0.3 is 0 Å². The second-order valence-electron chi connectivity index (χ2n) is 3.63. The Morgan fingerprint density at radius 1 is 1.40 bits per heavy atom. The van der Waals surface area contributed by atoms with Crippen LogP contribution in [-0.2, 0) is 0 Å². The number of benzene rings is 1. The van der Waals surface area contributed by atoms with Crippen LogP contribution < -0.4 is 4.74 Å². The largest absolute Gasteiger partial charge is 0.489 e. The average molecular weight is 209 g/mol. The zero-order valence-corrected chi connectivity index (χ0v) is 7.96. The number of nitrogens with zero attached hydrogens (tertiary/aromatic N) is 1.